The molecule has 1 aliphatic heterocycles. The molecule has 1 fully saturated rings. The van der Waals surface area contributed by atoms with Crippen LogP contribution in [0.25, 0.3) is 5.65 Å². The van der Waals surface area contributed by atoms with Crippen molar-refractivity contribution in [3.05, 3.63) is 29.7 Å². The first-order valence-corrected chi connectivity index (χ1v) is 8.36. The van der Waals surface area contributed by atoms with Gasteiger partial charge in [-0.3, -0.25) is 14.1 Å². The predicted octanol–water partition coefficient (Wildman–Crippen LogP) is 0.967. The molecule has 0 aromatic carbocycles. The van der Waals surface area contributed by atoms with Crippen molar-refractivity contribution in [3.8, 4) is 5.75 Å². The van der Waals surface area contributed by atoms with Crippen molar-refractivity contribution in [2.75, 3.05) is 46.5 Å². The van der Waals surface area contributed by atoms with Gasteiger partial charge in [0, 0.05) is 32.4 Å². The Bertz CT molecular complexity index is 707. The number of amides is 1. The lowest BCUT2D eigenvalue weighted by molar-refractivity contribution is 0.0383. The van der Waals surface area contributed by atoms with Crippen LogP contribution < -0.4 is 10.1 Å². The number of carbonyl (C=O) groups excluding carboxylic acids is 1. The smallest absolute Gasteiger partial charge is 0.270 e. The highest BCUT2D eigenvalue weighted by atomic mass is 16.5. The van der Waals surface area contributed by atoms with Crippen molar-refractivity contribution < 1.29 is 14.3 Å². The number of pyridine rings is 1. The third kappa shape index (κ3) is 3.37. The third-order valence-electron chi connectivity index (χ3n) is 4.27. The zero-order valence-electron chi connectivity index (χ0n) is 14.2. The van der Waals surface area contributed by atoms with E-state index in [0.29, 0.717) is 30.1 Å². The Morgan fingerprint density at radius 1 is 1.42 bits per heavy atom. The Labute approximate surface area is 141 Å². The number of rotatable bonds is 6. The zero-order chi connectivity index (χ0) is 16.9. The van der Waals surface area contributed by atoms with Gasteiger partial charge >= 0.3 is 0 Å². The molecule has 1 amide bonds. The number of nitrogens with zero attached hydrogens (tertiary/aromatic N) is 3. The minimum absolute atomic E-state index is 0.0964. The second-order valence-electron chi connectivity index (χ2n) is 5.74. The first kappa shape index (κ1) is 16.7. The molecule has 24 heavy (non-hydrogen) atoms. The Kier molecular flexibility index (Phi) is 5.32. The Morgan fingerprint density at radius 3 is 2.92 bits per heavy atom. The highest BCUT2D eigenvalue weighted by molar-refractivity contribution is 5.95. The van der Waals surface area contributed by atoms with Gasteiger partial charge in [-0.1, -0.05) is 6.92 Å². The minimum atomic E-state index is -0.0964. The van der Waals surface area contributed by atoms with Gasteiger partial charge in [0.2, 0.25) is 0 Å². The lowest BCUT2D eigenvalue weighted by Gasteiger charge is -2.26. The average Bonchev–Trinajstić information content (AvgIpc) is 3.01. The summed E-state index contributed by atoms with van der Waals surface area (Å²) < 4.78 is 12.5. The number of hydrogen-bond donors (Lipinski definition) is 1. The zero-order valence-corrected chi connectivity index (χ0v) is 14.2. The van der Waals surface area contributed by atoms with Crippen LogP contribution in [0.15, 0.2) is 18.3 Å². The number of ether oxygens (including phenoxy) is 2. The molecule has 0 radical (unpaired) electrons. The van der Waals surface area contributed by atoms with Gasteiger partial charge in [0.15, 0.2) is 11.4 Å². The van der Waals surface area contributed by atoms with Crippen LogP contribution in [0.2, 0.25) is 0 Å². The fourth-order valence-electron chi connectivity index (χ4n) is 2.97. The summed E-state index contributed by atoms with van der Waals surface area (Å²) in [7, 11) is 1.61. The molecule has 2 aromatic rings. The van der Waals surface area contributed by atoms with Crippen LogP contribution in [0.1, 0.15) is 23.1 Å². The topological polar surface area (TPSA) is 68.1 Å². The molecular weight excluding hydrogens is 308 g/mol. The highest BCUT2D eigenvalue weighted by Crippen LogP contribution is 2.22. The summed E-state index contributed by atoms with van der Waals surface area (Å²) in [6, 6.07) is 3.71. The molecule has 7 nitrogen and oxygen atoms in total. The first-order chi connectivity index (χ1) is 11.7. The molecule has 130 valence electrons. The molecule has 2 aromatic heterocycles. The SMILES string of the molecule is CCc1nc2c(OC)cccn2c1C(=O)NCCN1CCOCC1. The van der Waals surface area contributed by atoms with Crippen LogP contribution >= 0.6 is 0 Å². The van der Waals surface area contributed by atoms with Crippen LogP contribution in [0.4, 0.5) is 0 Å². The fourth-order valence-corrected chi connectivity index (χ4v) is 2.97. The van der Waals surface area contributed by atoms with Gasteiger partial charge in [-0.05, 0) is 18.6 Å². The van der Waals surface area contributed by atoms with E-state index < -0.39 is 0 Å². The molecule has 0 saturated carbocycles. The molecule has 3 heterocycles. The van der Waals surface area contributed by atoms with E-state index in [2.05, 4.69) is 15.2 Å². The van der Waals surface area contributed by atoms with Crippen molar-refractivity contribution in [1.29, 1.82) is 0 Å². The Hall–Kier alpha value is -2.12. The number of aromatic nitrogens is 2. The van der Waals surface area contributed by atoms with E-state index in [9.17, 15) is 4.79 Å². The maximum Gasteiger partial charge on any atom is 0.270 e. The average molecular weight is 332 g/mol. The molecule has 0 bridgehead atoms. The molecule has 3 rings (SSSR count). The maximum atomic E-state index is 12.7. The summed E-state index contributed by atoms with van der Waals surface area (Å²) in [6.07, 6.45) is 2.54. The number of morpholine rings is 1. The van der Waals surface area contributed by atoms with E-state index in [-0.39, 0.29) is 5.91 Å². The second-order valence-corrected chi connectivity index (χ2v) is 5.74. The predicted molar refractivity (Wildman–Crippen MR) is 90.7 cm³/mol. The van der Waals surface area contributed by atoms with Crippen LogP contribution in [-0.4, -0.2) is 66.7 Å². The van der Waals surface area contributed by atoms with Crippen LogP contribution in [0.5, 0.6) is 5.75 Å². The molecule has 7 heteroatoms. The van der Waals surface area contributed by atoms with E-state index in [4.69, 9.17) is 9.47 Å². The van der Waals surface area contributed by atoms with Gasteiger partial charge in [0.25, 0.3) is 5.91 Å². The van der Waals surface area contributed by atoms with E-state index in [1.165, 1.54) is 0 Å². The summed E-state index contributed by atoms with van der Waals surface area (Å²) in [5.41, 5.74) is 2.05. The molecule has 0 aliphatic carbocycles. The Morgan fingerprint density at radius 2 is 2.21 bits per heavy atom. The van der Waals surface area contributed by atoms with Crippen LogP contribution in [0.3, 0.4) is 0 Å². The van der Waals surface area contributed by atoms with Gasteiger partial charge in [0.1, 0.15) is 5.69 Å². The fraction of sp³-hybridized carbons (Fsp3) is 0.529. The molecule has 0 unspecified atom stereocenters. The van der Waals surface area contributed by atoms with Gasteiger partial charge in [-0.25, -0.2) is 4.98 Å². The summed E-state index contributed by atoms with van der Waals surface area (Å²) >= 11 is 0. The maximum absolute atomic E-state index is 12.7. The molecule has 1 saturated heterocycles. The van der Waals surface area contributed by atoms with Crippen molar-refractivity contribution in [1.82, 2.24) is 19.6 Å². The summed E-state index contributed by atoms with van der Waals surface area (Å²) in [6.45, 7) is 6.81. The summed E-state index contributed by atoms with van der Waals surface area (Å²) in [5.74, 6) is 0.570. The van der Waals surface area contributed by atoms with Crippen molar-refractivity contribution in [2.24, 2.45) is 0 Å². The molecule has 1 aliphatic rings. The number of carbonyl (C=O) groups is 1. The first-order valence-electron chi connectivity index (χ1n) is 8.36. The second kappa shape index (κ2) is 7.63. The normalized spacial score (nSPS) is 15.6. The van der Waals surface area contributed by atoms with Crippen molar-refractivity contribution >= 4 is 11.6 Å². The van der Waals surface area contributed by atoms with E-state index in [1.807, 2.05) is 29.7 Å². The molecule has 1 N–H and O–H groups in total. The van der Waals surface area contributed by atoms with Crippen LogP contribution in [-0.2, 0) is 11.2 Å². The van der Waals surface area contributed by atoms with Gasteiger partial charge in [-0.2, -0.15) is 0 Å². The summed E-state index contributed by atoms with van der Waals surface area (Å²) in [4.78, 5) is 19.5. The summed E-state index contributed by atoms with van der Waals surface area (Å²) in [5, 5.41) is 3.01. The lowest BCUT2D eigenvalue weighted by Crippen LogP contribution is -2.41. The highest BCUT2D eigenvalue weighted by Gasteiger charge is 2.20. The van der Waals surface area contributed by atoms with Crippen molar-refractivity contribution in [2.45, 2.75) is 13.3 Å². The number of nitrogens with one attached hydrogen (secondary N) is 1. The van der Waals surface area contributed by atoms with Crippen molar-refractivity contribution in [3.63, 3.8) is 0 Å². The van der Waals surface area contributed by atoms with E-state index in [1.54, 1.807) is 7.11 Å². The molecule has 0 atom stereocenters. The number of methoxy groups -OCH3 is 1. The van der Waals surface area contributed by atoms with Gasteiger partial charge in [0.05, 0.1) is 26.0 Å². The molecular formula is C17H24N4O3. The van der Waals surface area contributed by atoms with Gasteiger partial charge in [-0.15, -0.1) is 0 Å². The number of aryl methyl sites for hydroxylation is 1. The largest absolute Gasteiger partial charge is 0.493 e. The van der Waals surface area contributed by atoms with E-state index >= 15 is 0 Å². The number of hydrogen-bond acceptors (Lipinski definition) is 5. The monoisotopic (exact) mass is 332 g/mol. The standard InChI is InChI=1S/C17H24N4O3/c1-3-13-15(21-7-4-5-14(23-2)16(21)19-13)17(22)18-6-8-20-9-11-24-12-10-20/h4-5,7H,3,6,8-12H2,1-2H3,(H,18,22). The minimum Gasteiger partial charge on any atom is -0.493 e. The quantitative estimate of drug-likeness (QED) is 0.854. The molecule has 0 spiro atoms. The third-order valence-corrected chi connectivity index (χ3v) is 4.27. The lowest BCUT2D eigenvalue weighted by atomic mass is 10.2. The number of fused-ring (bicyclic) bond motifs is 1. The van der Waals surface area contributed by atoms with Gasteiger partial charge < -0.3 is 14.8 Å². The van der Waals surface area contributed by atoms with E-state index in [0.717, 1.165) is 38.5 Å². The number of imidazole rings is 1. The Balaban J connectivity index is 1.73. The van der Waals surface area contributed by atoms with Crippen LogP contribution in [0, 0.1) is 0 Å².